The Bertz CT molecular complexity index is 510. The zero-order valence-corrected chi connectivity index (χ0v) is 10.9. The van der Waals surface area contributed by atoms with Crippen LogP contribution in [0, 0.1) is 5.41 Å². The van der Waals surface area contributed by atoms with E-state index in [1.165, 1.54) is 21.4 Å². The summed E-state index contributed by atoms with van der Waals surface area (Å²) in [7, 11) is -1.70. The van der Waals surface area contributed by atoms with E-state index < -0.39 is 10.0 Å². The van der Waals surface area contributed by atoms with Gasteiger partial charge in [0.15, 0.2) is 0 Å². The molecule has 1 aliphatic rings. The predicted octanol–water partition coefficient (Wildman–Crippen LogP) is -0.220. The molecule has 6 nitrogen and oxygen atoms in total. The normalized spacial score (nSPS) is 26.5. The number of hydrogen-bond acceptors (Lipinski definition) is 4. The monoisotopic (exact) mass is 258 g/mol. The van der Waals surface area contributed by atoms with Gasteiger partial charge < -0.3 is 5.73 Å². The highest BCUT2D eigenvalue weighted by Crippen LogP contribution is 2.32. The summed E-state index contributed by atoms with van der Waals surface area (Å²) in [6, 6.07) is 0. The van der Waals surface area contributed by atoms with Gasteiger partial charge in [0.25, 0.3) is 0 Å². The third-order valence-electron chi connectivity index (χ3n) is 3.33. The first-order valence-corrected chi connectivity index (χ1v) is 7.00. The van der Waals surface area contributed by atoms with Gasteiger partial charge in [0.2, 0.25) is 10.0 Å². The van der Waals surface area contributed by atoms with Gasteiger partial charge in [-0.05, 0) is 18.4 Å². The Labute approximate surface area is 101 Å². The lowest BCUT2D eigenvalue weighted by atomic mass is 9.90. The van der Waals surface area contributed by atoms with E-state index in [1.807, 2.05) is 6.92 Å². The molecule has 0 amide bonds. The summed E-state index contributed by atoms with van der Waals surface area (Å²) in [5.74, 6) is 0. The quantitative estimate of drug-likeness (QED) is 0.812. The van der Waals surface area contributed by atoms with Crippen molar-refractivity contribution >= 4 is 10.0 Å². The van der Waals surface area contributed by atoms with Gasteiger partial charge in [0, 0.05) is 26.3 Å². The number of sulfonamides is 1. The third-order valence-corrected chi connectivity index (χ3v) is 5.13. The van der Waals surface area contributed by atoms with Crippen LogP contribution in [0.5, 0.6) is 0 Å². The molecule has 7 heteroatoms. The zero-order chi connectivity index (χ0) is 12.7. The second kappa shape index (κ2) is 4.08. The van der Waals surface area contributed by atoms with E-state index in [4.69, 9.17) is 5.73 Å². The topological polar surface area (TPSA) is 81.2 Å². The molecule has 0 aliphatic carbocycles. The fraction of sp³-hybridized carbons (Fsp3) is 0.700. The average molecular weight is 258 g/mol. The minimum Gasteiger partial charge on any atom is -0.330 e. The van der Waals surface area contributed by atoms with Crippen LogP contribution in [-0.2, 0) is 17.1 Å². The van der Waals surface area contributed by atoms with E-state index in [-0.39, 0.29) is 10.3 Å². The second-order valence-corrected chi connectivity index (χ2v) is 6.89. The number of nitrogens with zero attached hydrogens (tertiary/aromatic N) is 3. The largest absolute Gasteiger partial charge is 0.330 e. The van der Waals surface area contributed by atoms with Gasteiger partial charge in [-0.2, -0.15) is 9.40 Å². The van der Waals surface area contributed by atoms with Crippen molar-refractivity contribution in [2.24, 2.45) is 18.2 Å². The maximum atomic E-state index is 12.3. The van der Waals surface area contributed by atoms with Crippen molar-refractivity contribution in [2.75, 3.05) is 19.6 Å². The molecule has 17 heavy (non-hydrogen) atoms. The van der Waals surface area contributed by atoms with Gasteiger partial charge in [0.1, 0.15) is 4.90 Å². The molecule has 1 saturated heterocycles. The summed E-state index contributed by atoms with van der Waals surface area (Å²) >= 11 is 0. The third kappa shape index (κ3) is 2.22. The van der Waals surface area contributed by atoms with Gasteiger partial charge in [-0.3, -0.25) is 4.68 Å². The molecule has 2 N–H and O–H groups in total. The maximum Gasteiger partial charge on any atom is 0.246 e. The van der Waals surface area contributed by atoms with Gasteiger partial charge >= 0.3 is 0 Å². The van der Waals surface area contributed by atoms with E-state index in [1.54, 1.807) is 7.05 Å². The molecule has 1 atom stereocenters. The molecule has 0 radical (unpaired) electrons. The van der Waals surface area contributed by atoms with E-state index in [9.17, 15) is 8.42 Å². The Morgan fingerprint density at radius 3 is 2.76 bits per heavy atom. The van der Waals surface area contributed by atoms with Crippen molar-refractivity contribution in [3.63, 3.8) is 0 Å². The van der Waals surface area contributed by atoms with Crippen molar-refractivity contribution in [3.8, 4) is 0 Å². The SMILES string of the molecule is Cn1cc(S(=O)(=O)N2CCC(C)(CN)C2)cn1. The van der Waals surface area contributed by atoms with Crippen LogP contribution in [0.25, 0.3) is 0 Å². The molecule has 0 spiro atoms. The minimum atomic E-state index is -3.40. The van der Waals surface area contributed by atoms with Crippen molar-refractivity contribution < 1.29 is 8.42 Å². The Morgan fingerprint density at radius 1 is 1.59 bits per heavy atom. The van der Waals surface area contributed by atoms with Gasteiger partial charge in [-0.1, -0.05) is 6.92 Å². The smallest absolute Gasteiger partial charge is 0.246 e. The first kappa shape index (κ1) is 12.5. The highest BCUT2D eigenvalue weighted by atomic mass is 32.2. The lowest BCUT2D eigenvalue weighted by Gasteiger charge is -2.21. The molecule has 1 aliphatic heterocycles. The first-order chi connectivity index (χ1) is 7.87. The summed E-state index contributed by atoms with van der Waals surface area (Å²) in [4.78, 5) is 0.251. The fourth-order valence-corrected chi connectivity index (χ4v) is 3.61. The lowest BCUT2D eigenvalue weighted by Crippen LogP contribution is -2.34. The van der Waals surface area contributed by atoms with E-state index >= 15 is 0 Å². The molecular weight excluding hydrogens is 240 g/mol. The number of hydrogen-bond donors (Lipinski definition) is 1. The molecule has 96 valence electrons. The molecule has 1 unspecified atom stereocenters. The number of nitrogens with two attached hydrogens (primary N) is 1. The molecule has 1 aromatic rings. The summed E-state index contributed by atoms with van der Waals surface area (Å²) in [5.41, 5.74) is 5.58. The minimum absolute atomic E-state index is 0.102. The first-order valence-electron chi connectivity index (χ1n) is 5.56. The van der Waals surface area contributed by atoms with Crippen LogP contribution in [-0.4, -0.2) is 42.1 Å². The van der Waals surface area contributed by atoms with Crippen molar-refractivity contribution in [2.45, 2.75) is 18.2 Å². The second-order valence-electron chi connectivity index (χ2n) is 4.95. The van der Waals surface area contributed by atoms with Crippen LogP contribution in [0.2, 0.25) is 0 Å². The van der Waals surface area contributed by atoms with E-state index in [0.29, 0.717) is 19.6 Å². The van der Waals surface area contributed by atoms with Crippen LogP contribution in [0.15, 0.2) is 17.3 Å². The highest BCUT2D eigenvalue weighted by molar-refractivity contribution is 7.89. The zero-order valence-electron chi connectivity index (χ0n) is 10.1. The molecular formula is C10H18N4O2S. The lowest BCUT2D eigenvalue weighted by molar-refractivity contribution is 0.349. The maximum absolute atomic E-state index is 12.3. The summed E-state index contributed by atoms with van der Waals surface area (Å²) in [6.45, 7) is 3.55. The van der Waals surface area contributed by atoms with E-state index in [0.717, 1.165) is 6.42 Å². The van der Waals surface area contributed by atoms with Crippen LogP contribution in [0.3, 0.4) is 0 Å². The molecule has 2 heterocycles. The van der Waals surface area contributed by atoms with E-state index in [2.05, 4.69) is 5.10 Å². The molecule has 2 rings (SSSR count). The predicted molar refractivity (Wildman–Crippen MR) is 63.7 cm³/mol. The number of aryl methyl sites for hydroxylation is 1. The van der Waals surface area contributed by atoms with Crippen molar-refractivity contribution in [1.29, 1.82) is 0 Å². The summed E-state index contributed by atoms with van der Waals surface area (Å²) in [5, 5.41) is 3.90. The van der Waals surface area contributed by atoms with Gasteiger partial charge in [-0.15, -0.1) is 0 Å². The van der Waals surface area contributed by atoms with Crippen LogP contribution in [0.4, 0.5) is 0 Å². The Hall–Kier alpha value is -0.920. The molecule has 0 bridgehead atoms. The Balaban J connectivity index is 2.24. The van der Waals surface area contributed by atoms with Crippen molar-refractivity contribution in [1.82, 2.24) is 14.1 Å². The van der Waals surface area contributed by atoms with Gasteiger partial charge in [0.05, 0.1) is 6.20 Å². The Morgan fingerprint density at radius 2 is 2.29 bits per heavy atom. The number of rotatable bonds is 3. The summed E-state index contributed by atoms with van der Waals surface area (Å²) in [6.07, 6.45) is 3.71. The van der Waals surface area contributed by atoms with Crippen molar-refractivity contribution in [3.05, 3.63) is 12.4 Å². The number of aromatic nitrogens is 2. The standard InChI is InChI=1S/C10H18N4O2S/c1-10(7-11)3-4-14(8-10)17(15,16)9-5-12-13(2)6-9/h5-6H,3-4,7-8,11H2,1-2H3. The molecule has 1 aromatic heterocycles. The molecule has 1 fully saturated rings. The van der Waals surface area contributed by atoms with Gasteiger partial charge in [-0.25, -0.2) is 8.42 Å². The molecule has 0 aromatic carbocycles. The van der Waals surface area contributed by atoms with Crippen LogP contribution >= 0.6 is 0 Å². The Kier molecular flexibility index (Phi) is 3.01. The summed E-state index contributed by atoms with van der Waals surface area (Å²) < 4.78 is 27.6. The average Bonchev–Trinajstić information content (AvgIpc) is 2.86. The highest BCUT2D eigenvalue weighted by Gasteiger charge is 2.39. The van der Waals surface area contributed by atoms with Crippen LogP contribution in [0.1, 0.15) is 13.3 Å². The molecule has 0 saturated carbocycles. The van der Waals surface area contributed by atoms with Crippen LogP contribution < -0.4 is 5.73 Å². The fourth-order valence-electron chi connectivity index (χ4n) is 2.03.